The first kappa shape index (κ1) is 20.5. The summed E-state index contributed by atoms with van der Waals surface area (Å²) in [5, 5.41) is 9.34. The zero-order valence-corrected chi connectivity index (χ0v) is 16.7. The molecule has 1 amide bonds. The van der Waals surface area contributed by atoms with Gasteiger partial charge in [-0.2, -0.15) is 0 Å². The lowest BCUT2D eigenvalue weighted by Crippen LogP contribution is -2.43. The summed E-state index contributed by atoms with van der Waals surface area (Å²) in [4.78, 5) is 16.2. The molecule has 134 valence electrons. The Kier molecular flexibility index (Phi) is 8.82. The molecule has 0 heterocycles. The number of carbonyl (C=O) groups is 1. The second kappa shape index (κ2) is 10.3. The molecule has 0 atom stereocenters. The molecule has 0 aliphatic rings. The average molecular weight is 397 g/mol. The van der Waals surface area contributed by atoms with Gasteiger partial charge in [0.25, 0.3) is 0 Å². The summed E-state index contributed by atoms with van der Waals surface area (Å²) in [6, 6.07) is 8.34. The minimum atomic E-state index is -0.234. The molecule has 24 heavy (non-hydrogen) atoms. The van der Waals surface area contributed by atoms with E-state index >= 15 is 0 Å². The number of amides is 1. The highest BCUT2D eigenvalue weighted by Crippen LogP contribution is 2.12. The fourth-order valence-electron chi connectivity index (χ4n) is 2.14. The number of nitrogens with one attached hydrogen (secondary N) is 3. The molecule has 0 aliphatic carbocycles. The van der Waals surface area contributed by atoms with E-state index in [0.717, 1.165) is 30.4 Å². The van der Waals surface area contributed by atoms with Crippen LogP contribution in [0.25, 0.3) is 0 Å². The summed E-state index contributed by atoms with van der Waals surface area (Å²) in [6.07, 6.45) is 1.99. The van der Waals surface area contributed by atoms with Crippen LogP contribution in [0.5, 0.6) is 0 Å². The Bertz CT molecular complexity index is 552. The molecule has 6 heteroatoms. The fraction of sp³-hybridized carbons (Fsp3) is 0.556. The van der Waals surface area contributed by atoms with Crippen LogP contribution in [0.4, 0.5) is 0 Å². The van der Waals surface area contributed by atoms with E-state index in [2.05, 4.69) is 49.0 Å². The standard InChI is InChI=1S/C18H29BrN4O/c1-5-20-17(22-13-16(24)23-18(2,3)4)21-11-7-9-14-8-6-10-15(19)12-14/h6,8,10,12H,5,7,9,11,13H2,1-4H3,(H,23,24)(H2,20,21,22). The van der Waals surface area contributed by atoms with E-state index in [-0.39, 0.29) is 18.0 Å². The van der Waals surface area contributed by atoms with Gasteiger partial charge < -0.3 is 16.0 Å². The zero-order valence-electron chi connectivity index (χ0n) is 15.1. The van der Waals surface area contributed by atoms with Crippen molar-refractivity contribution in [3.63, 3.8) is 0 Å². The molecule has 1 aromatic carbocycles. The van der Waals surface area contributed by atoms with Gasteiger partial charge in [-0.25, -0.2) is 4.99 Å². The van der Waals surface area contributed by atoms with Crippen molar-refractivity contribution in [2.24, 2.45) is 4.99 Å². The first-order chi connectivity index (χ1) is 11.3. The maximum absolute atomic E-state index is 11.8. The van der Waals surface area contributed by atoms with Crippen LogP contribution in [0.3, 0.4) is 0 Å². The van der Waals surface area contributed by atoms with Crippen LogP contribution in [0.2, 0.25) is 0 Å². The smallest absolute Gasteiger partial charge is 0.242 e. The molecule has 3 N–H and O–H groups in total. The molecular weight excluding hydrogens is 368 g/mol. The van der Waals surface area contributed by atoms with Gasteiger partial charge in [-0.05, 0) is 58.2 Å². The van der Waals surface area contributed by atoms with Crippen molar-refractivity contribution in [3.8, 4) is 0 Å². The van der Waals surface area contributed by atoms with Crippen LogP contribution in [0.15, 0.2) is 33.7 Å². The van der Waals surface area contributed by atoms with E-state index in [9.17, 15) is 4.79 Å². The predicted octanol–water partition coefficient (Wildman–Crippen LogP) is 2.85. The molecule has 0 aromatic heterocycles. The predicted molar refractivity (Wildman–Crippen MR) is 104 cm³/mol. The van der Waals surface area contributed by atoms with E-state index in [1.807, 2.05) is 39.8 Å². The van der Waals surface area contributed by atoms with Crippen molar-refractivity contribution in [2.75, 3.05) is 19.6 Å². The maximum atomic E-state index is 11.8. The Morgan fingerprint density at radius 2 is 2.00 bits per heavy atom. The first-order valence-corrected chi connectivity index (χ1v) is 9.17. The number of nitrogens with zero attached hydrogens (tertiary/aromatic N) is 1. The number of guanidine groups is 1. The third-order valence-electron chi connectivity index (χ3n) is 3.06. The van der Waals surface area contributed by atoms with Crippen molar-refractivity contribution in [2.45, 2.75) is 46.1 Å². The Morgan fingerprint density at radius 1 is 1.25 bits per heavy atom. The van der Waals surface area contributed by atoms with Crippen molar-refractivity contribution < 1.29 is 4.79 Å². The molecule has 0 radical (unpaired) electrons. The van der Waals surface area contributed by atoms with Crippen molar-refractivity contribution in [3.05, 3.63) is 34.3 Å². The normalized spacial score (nSPS) is 12.0. The largest absolute Gasteiger partial charge is 0.357 e. The van der Waals surface area contributed by atoms with Gasteiger partial charge in [0, 0.05) is 23.1 Å². The van der Waals surface area contributed by atoms with Gasteiger partial charge in [0.2, 0.25) is 5.91 Å². The van der Waals surface area contributed by atoms with E-state index in [1.54, 1.807) is 0 Å². The van der Waals surface area contributed by atoms with Crippen LogP contribution >= 0.6 is 15.9 Å². The molecule has 0 saturated carbocycles. The molecule has 0 fully saturated rings. The van der Waals surface area contributed by atoms with Gasteiger partial charge in [-0.3, -0.25) is 4.79 Å². The molecule has 0 bridgehead atoms. The Hall–Kier alpha value is -1.56. The molecular formula is C18H29BrN4O. The number of aryl methyl sites for hydroxylation is 1. The summed E-state index contributed by atoms with van der Waals surface area (Å²) >= 11 is 3.49. The molecule has 0 spiro atoms. The number of hydrogen-bond acceptors (Lipinski definition) is 2. The van der Waals surface area contributed by atoms with Crippen LogP contribution in [-0.4, -0.2) is 37.0 Å². The first-order valence-electron chi connectivity index (χ1n) is 8.38. The third-order valence-corrected chi connectivity index (χ3v) is 3.56. The van der Waals surface area contributed by atoms with Crippen molar-refractivity contribution in [1.82, 2.24) is 16.0 Å². The van der Waals surface area contributed by atoms with Crippen LogP contribution in [0.1, 0.15) is 39.7 Å². The zero-order chi connectivity index (χ0) is 18.0. The van der Waals surface area contributed by atoms with E-state index in [0.29, 0.717) is 5.96 Å². The summed E-state index contributed by atoms with van der Waals surface area (Å²) in [7, 11) is 0. The van der Waals surface area contributed by atoms with Crippen LogP contribution in [0, 0.1) is 0 Å². The summed E-state index contributed by atoms with van der Waals surface area (Å²) in [5.74, 6) is 0.602. The Labute approximate surface area is 153 Å². The van der Waals surface area contributed by atoms with E-state index in [1.165, 1.54) is 5.56 Å². The molecule has 1 rings (SSSR count). The lowest BCUT2D eigenvalue weighted by Gasteiger charge is -2.20. The Morgan fingerprint density at radius 3 is 2.62 bits per heavy atom. The lowest BCUT2D eigenvalue weighted by atomic mass is 10.1. The average Bonchev–Trinajstić information content (AvgIpc) is 2.47. The number of carbonyl (C=O) groups excluding carboxylic acids is 1. The maximum Gasteiger partial charge on any atom is 0.242 e. The Balaban J connectivity index is 2.39. The number of rotatable bonds is 7. The van der Waals surface area contributed by atoms with Crippen molar-refractivity contribution in [1.29, 1.82) is 0 Å². The van der Waals surface area contributed by atoms with Gasteiger partial charge in [-0.15, -0.1) is 0 Å². The topological polar surface area (TPSA) is 65.5 Å². The molecule has 0 unspecified atom stereocenters. The van der Waals surface area contributed by atoms with Gasteiger partial charge >= 0.3 is 0 Å². The highest BCUT2D eigenvalue weighted by atomic mass is 79.9. The fourth-order valence-corrected chi connectivity index (χ4v) is 2.59. The third kappa shape index (κ3) is 9.55. The molecule has 0 aliphatic heterocycles. The molecule has 5 nitrogen and oxygen atoms in total. The second-order valence-electron chi connectivity index (χ2n) is 6.65. The van der Waals surface area contributed by atoms with Crippen LogP contribution in [-0.2, 0) is 11.2 Å². The minimum absolute atomic E-state index is 0.0751. The molecule has 0 saturated heterocycles. The highest BCUT2D eigenvalue weighted by Gasteiger charge is 2.13. The van der Waals surface area contributed by atoms with Crippen LogP contribution < -0.4 is 16.0 Å². The summed E-state index contributed by atoms with van der Waals surface area (Å²) in [6.45, 7) is 9.57. The van der Waals surface area contributed by atoms with E-state index < -0.39 is 0 Å². The lowest BCUT2D eigenvalue weighted by molar-refractivity contribution is -0.121. The summed E-state index contributed by atoms with van der Waals surface area (Å²) < 4.78 is 1.10. The highest BCUT2D eigenvalue weighted by molar-refractivity contribution is 9.10. The van der Waals surface area contributed by atoms with Gasteiger partial charge in [-0.1, -0.05) is 28.1 Å². The van der Waals surface area contributed by atoms with Gasteiger partial charge in [0.1, 0.15) is 6.54 Å². The SMILES string of the molecule is CCNC(=NCC(=O)NC(C)(C)C)NCCCc1cccc(Br)c1. The number of benzene rings is 1. The molecule has 1 aromatic rings. The monoisotopic (exact) mass is 396 g/mol. The van der Waals surface area contributed by atoms with E-state index in [4.69, 9.17) is 0 Å². The van der Waals surface area contributed by atoms with Gasteiger partial charge in [0.05, 0.1) is 0 Å². The van der Waals surface area contributed by atoms with Crippen molar-refractivity contribution >= 4 is 27.8 Å². The quantitative estimate of drug-likeness (QED) is 0.377. The second-order valence-corrected chi connectivity index (χ2v) is 7.57. The number of hydrogen-bond donors (Lipinski definition) is 3. The minimum Gasteiger partial charge on any atom is -0.357 e. The number of halogens is 1. The number of aliphatic imine (C=N–C) groups is 1. The summed E-state index contributed by atoms with van der Waals surface area (Å²) in [5.41, 5.74) is 1.07. The van der Waals surface area contributed by atoms with Gasteiger partial charge in [0.15, 0.2) is 5.96 Å².